The van der Waals surface area contributed by atoms with Crippen LogP contribution in [0.15, 0.2) is 18.2 Å². The lowest BCUT2D eigenvalue weighted by atomic mass is 9.97. The van der Waals surface area contributed by atoms with Gasteiger partial charge in [-0.2, -0.15) is 0 Å². The number of carbonyl (C=O) groups excluding carboxylic acids is 1. The summed E-state index contributed by atoms with van der Waals surface area (Å²) in [6.07, 6.45) is 2.05. The van der Waals surface area contributed by atoms with Crippen molar-refractivity contribution in [1.82, 2.24) is 4.90 Å². The Kier molecular flexibility index (Phi) is 5.76. The van der Waals surface area contributed by atoms with Gasteiger partial charge in [-0.25, -0.2) is 4.39 Å². The molecule has 0 radical (unpaired) electrons. The molecule has 1 fully saturated rings. The normalized spacial score (nSPS) is 18.9. The Bertz CT molecular complexity index is 433. The summed E-state index contributed by atoms with van der Waals surface area (Å²) >= 11 is 0. The fourth-order valence-corrected chi connectivity index (χ4v) is 2.48. The van der Waals surface area contributed by atoms with Gasteiger partial charge in [0.15, 0.2) is 0 Å². The van der Waals surface area contributed by atoms with Crippen molar-refractivity contribution in [2.45, 2.75) is 19.8 Å². The van der Waals surface area contributed by atoms with Crippen LogP contribution in [-0.4, -0.2) is 30.4 Å². The third-order valence-electron chi connectivity index (χ3n) is 3.43. The number of carbonyl (C=O) groups is 1. The fourth-order valence-electron chi connectivity index (χ4n) is 2.48. The topological polar surface area (TPSA) is 46.3 Å². The predicted octanol–water partition coefficient (Wildman–Crippen LogP) is 2.37. The number of halogens is 2. The first-order chi connectivity index (χ1) is 8.60. The zero-order valence-corrected chi connectivity index (χ0v) is 11.9. The quantitative estimate of drug-likeness (QED) is 0.907. The van der Waals surface area contributed by atoms with E-state index in [1.807, 2.05) is 0 Å². The van der Waals surface area contributed by atoms with Crippen molar-refractivity contribution >= 4 is 18.3 Å². The molecule has 2 N–H and O–H groups in total. The second-order valence-corrected chi connectivity index (χ2v) is 5.01. The van der Waals surface area contributed by atoms with E-state index in [1.54, 1.807) is 17.9 Å². The Hall–Kier alpha value is -1.13. The van der Waals surface area contributed by atoms with Gasteiger partial charge in [-0.05, 0) is 56.0 Å². The molecule has 1 aliphatic rings. The van der Waals surface area contributed by atoms with Crippen molar-refractivity contribution < 1.29 is 9.18 Å². The van der Waals surface area contributed by atoms with Gasteiger partial charge in [-0.3, -0.25) is 4.79 Å². The molecule has 1 atom stereocenters. The van der Waals surface area contributed by atoms with Crippen molar-refractivity contribution in [3.63, 3.8) is 0 Å². The zero-order valence-electron chi connectivity index (χ0n) is 11.1. The molecule has 1 aliphatic heterocycles. The number of rotatable bonds is 2. The summed E-state index contributed by atoms with van der Waals surface area (Å²) in [5.41, 5.74) is 6.86. The summed E-state index contributed by atoms with van der Waals surface area (Å²) in [6.45, 7) is 3.82. The number of benzene rings is 1. The van der Waals surface area contributed by atoms with Gasteiger partial charge in [0.2, 0.25) is 0 Å². The molecule has 1 aromatic carbocycles. The summed E-state index contributed by atoms with van der Waals surface area (Å²) in [5, 5.41) is 0. The predicted molar refractivity (Wildman–Crippen MR) is 76.1 cm³/mol. The first-order valence-electron chi connectivity index (χ1n) is 6.36. The van der Waals surface area contributed by atoms with Crippen LogP contribution in [0.5, 0.6) is 0 Å². The highest BCUT2D eigenvalue weighted by Crippen LogP contribution is 2.18. The molecule has 0 aliphatic carbocycles. The molecule has 1 aromatic rings. The van der Waals surface area contributed by atoms with Crippen LogP contribution in [0.25, 0.3) is 0 Å². The number of nitrogens with two attached hydrogens (primary N) is 1. The molecular weight excluding hydrogens is 267 g/mol. The van der Waals surface area contributed by atoms with Gasteiger partial charge in [0.1, 0.15) is 5.82 Å². The van der Waals surface area contributed by atoms with Crippen LogP contribution >= 0.6 is 12.4 Å². The third-order valence-corrected chi connectivity index (χ3v) is 3.43. The average molecular weight is 287 g/mol. The number of likely N-dealkylation sites (tertiary alicyclic amines) is 1. The van der Waals surface area contributed by atoms with E-state index in [9.17, 15) is 9.18 Å². The minimum absolute atomic E-state index is 0. The molecule has 1 heterocycles. The van der Waals surface area contributed by atoms with Crippen LogP contribution in [0.3, 0.4) is 0 Å². The molecular formula is C14H20ClFN2O. The fraction of sp³-hybridized carbons (Fsp3) is 0.500. The van der Waals surface area contributed by atoms with Crippen molar-refractivity contribution in [2.24, 2.45) is 11.7 Å². The smallest absolute Gasteiger partial charge is 0.253 e. The minimum atomic E-state index is -0.356. The highest BCUT2D eigenvalue weighted by Gasteiger charge is 2.23. The third kappa shape index (κ3) is 3.91. The van der Waals surface area contributed by atoms with Gasteiger partial charge in [-0.1, -0.05) is 0 Å². The van der Waals surface area contributed by atoms with E-state index in [4.69, 9.17) is 5.73 Å². The van der Waals surface area contributed by atoms with Crippen LogP contribution in [0.4, 0.5) is 4.39 Å². The maximum Gasteiger partial charge on any atom is 0.253 e. The molecule has 106 valence electrons. The SMILES string of the molecule is Cc1cc(F)cc(C(=O)N2CCCC(CN)C2)c1.Cl. The summed E-state index contributed by atoms with van der Waals surface area (Å²) in [6, 6.07) is 4.47. The van der Waals surface area contributed by atoms with Crippen molar-refractivity contribution in [3.05, 3.63) is 35.1 Å². The van der Waals surface area contributed by atoms with Gasteiger partial charge >= 0.3 is 0 Å². The number of hydrogen-bond donors (Lipinski definition) is 1. The van der Waals surface area contributed by atoms with E-state index in [2.05, 4.69) is 0 Å². The number of piperidine rings is 1. The van der Waals surface area contributed by atoms with E-state index in [0.717, 1.165) is 24.9 Å². The molecule has 0 bridgehead atoms. The minimum Gasteiger partial charge on any atom is -0.338 e. The number of nitrogens with zero attached hydrogens (tertiary/aromatic N) is 1. The van der Waals surface area contributed by atoms with Crippen molar-refractivity contribution in [2.75, 3.05) is 19.6 Å². The van der Waals surface area contributed by atoms with Crippen LogP contribution < -0.4 is 5.73 Å². The number of aryl methyl sites for hydroxylation is 1. The van der Waals surface area contributed by atoms with Crippen LogP contribution in [0, 0.1) is 18.7 Å². The lowest BCUT2D eigenvalue weighted by molar-refractivity contribution is 0.0677. The Morgan fingerprint density at radius 2 is 2.21 bits per heavy atom. The van der Waals surface area contributed by atoms with Gasteiger partial charge in [0.25, 0.3) is 5.91 Å². The van der Waals surface area contributed by atoms with E-state index in [1.165, 1.54) is 12.1 Å². The van der Waals surface area contributed by atoms with Gasteiger partial charge in [-0.15, -0.1) is 12.4 Å². The lowest BCUT2D eigenvalue weighted by Gasteiger charge is -2.32. The zero-order chi connectivity index (χ0) is 13.1. The average Bonchev–Trinajstić information content (AvgIpc) is 2.37. The first-order valence-corrected chi connectivity index (χ1v) is 6.36. The van der Waals surface area contributed by atoms with Crippen LogP contribution in [0.2, 0.25) is 0 Å². The molecule has 0 aromatic heterocycles. The monoisotopic (exact) mass is 286 g/mol. The van der Waals surface area contributed by atoms with Crippen molar-refractivity contribution in [1.29, 1.82) is 0 Å². The second-order valence-electron chi connectivity index (χ2n) is 5.01. The van der Waals surface area contributed by atoms with Gasteiger partial charge < -0.3 is 10.6 Å². The summed E-state index contributed by atoms with van der Waals surface area (Å²) < 4.78 is 13.3. The Morgan fingerprint density at radius 1 is 1.47 bits per heavy atom. The van der Waals surface area contributed by atoms with E-state index in [-0.39, 0.29) is 24.1 Å². The molecule has 0 spiro atoms. The molecule has 3 nitrogen and oxygen atoms in total. The Balaban J connectivity index is 0.00000180. The summed E-state index contributed by atoms with van der Waals surface area (Å²) in [4.78, 5) is 14.1. The van der Waals surface area contributed by atoms with Crippen molar-refractivity contribution in [3.8, 4) is 0 Å². The maximum atomic E-state index is 13.3. The highest BCUT2D eigenvalue weighted by atomic mass is 35.5. The molecule has 1 unspecified atom stereocenters. The van der Waals surface area contributed by atoms with E-state index in [0.29, 0.717) is 24.6 Å². The summed E-state index contributed by atoms with van der Waals surface area (Å²) in [7, 11) is 0. The maximum absolute atomic E-state index is 13.3. The first kappa shape index (κ1) is 15.9. The highest BCUT2D eigenvalue weighted by molar-refractivity contribution is 5.94. The van der Waals surface area contributed by atoms with Crippen LogP contribution in [-0.2, 0) is 0 Å². The molecule has 19 heavy (non-hydrogen) atoms. The Labute approximate surface area is 119 Å². The van der Waals surface area contributed by atoms with Crippen LogP contribution in [0.1, 0.15) is 28.8 Å². The molecule has 1 saturated heterocycles. The molecule has 0 saturated carbocycles. The largest absolute Gasteiger partial charge is 0.338 e. The molecule has 5 heteroatoms. The van der Waals surface area contributed by atoms with E-state index < -0.39 is 0 Å². The number of hydrogen-bond acceptors (Lipinski definition) is 2. The number of amides is 1. The standard InChI is InChI=1S/C14H19FN2O.ClH/c1-10-5-12(7-13(15)6-10)14(18)17-4-2-3-11(8-16)9-17;/h5-7,11H,2-4,8-9,16H2,1H3;1H. The van der Waals surface area contributed by atoms with Gasteiger partial charge in [0.05, 0.1) is 0 Å². The van der Waals surface area contributed by atoms with Gasteiger partial charge in [0, 0.05) is 18.7 Å². The Morgan fingerprint density at radius 3 is 2.84 bits per heavy atom. The second kappa shape index (κ2) is 6.87. The lowest BCUT2D eigenvalue weighted by Crippen LogP contribution is -2.42. The molecule has 2 rings (SSSR count). The van der Waals surface area contributed by atoms with E-state index >= 15 is 0 Å². The summed E-state index contributed by atoms with van der Waals surface area (Å²) in [5.74, 6) is -0.0705. The molecule has 1 amide bonds.